The Hall–Kier alpha value is 0.390. The lowest BCUT2D eigenvalue weighted by Gasteiger charge is -2.33. The highest BCUT2D eigenvalue weighted by Gasteiger charge is 2.31. The lowest BCUT2D eigenvalue weighted by atomic mass is 10.0. The van der Waals surface area contributed by atoms with E-state index < -0.39 is 10.0 Å². The van der Waals surface area contributed by atoms with E-state index in [9.17, 15) is 8.42 Å². The van der Waals surface area contributed by atoms with Crippen LogP contribution in [0.1, 0.15) is 33.6 Å². The average molecular weight is 312 g/mol. The van der Waals surface area contributed by atoms with Gasteiger partial charge < -0.3 is 0 Å². The number of halogens is 1. The van der Waals surface area contributed by atoms with Crippen LogP contribution in [0.4, 0.5) is 0 Å². The summed E-state index contributed by atoms with van der Waals surface area (Å²) in [4.78, 5) is 0. The highest BCUT2D eigenvalue weighted by molar-refractivity contribution is 9.09. The topological polar surface area (TPSA) is 37.4 Å². The molecule has 0 aromatic rings. The molecule has 0 N–H and O–H groups in total. The van der Waals surface area contributed by atoms with Gasteiger partial charge in [0.25, 0.3) is 0 Å². The molecular weight excluding hydrogens is 290 g/mol. The monoisotopic (exact) mass is 311 g/mol. The van der Waals surface area contributed by atoms with E-state index in [1.807, 2.05) is 20.8 Å². The van der Waals surface area contributed by atoms with Crippen LogP contribution in [-0.2, 0) is 10.0 Å². The van der Waals surface area contributed by atoms with Crippen molar-refractivity contribution in [1.82, 2.24) is 4.31 Å². The fourth-order valence-corrected chi connectivity index (χ4v) is 4.69. The maximum atomic E-state index is 12.2. The molecule has 1 saturated heterocycles. The van der Waals surface area contributed by atoms with E-state index in [0.29, 0.717) is 19.0 Å². The van der Waals surface area contributed by atoms with E-state index >= 15 is 0 Å². The summed E-state index contributed by atoms with van der Waals surface area (Å²) in [6.45, 7) is 7.29. The van der Waals surface area contributed by atoms with Crippen LogP contribution in [-0.4, -0.2) is 36.9 Å². The Bertz CT molecular complexity index is 321. The Balaban J connectivity index is 2.68. The minimum atomic E-state index is -3.07. The zero-order valence-corrected chi connectivity index (χ0v) is 12.8. The molecule has 1 rings (SSSR count). The summed E-state index contributed by atoms with van der Waals surface area (Å²) in [6.07, 6.45) is 2.12. The molecule has 0 aromatic carbocycles. The SMILES string of the molecule is CC(C)(C)CS(=O)(=O)N1CCCC(CBr)C1. The second kappa shape index (κ2) is 5.36. The number of alkyl halides is 1. The summed E-state index contributed by atoms with van der Waals surface area (Å²) in [5.74, 6) is 0.721. The van der Waals surface area contributed by atoms with Gasteiger partial charge in [-0.3, -0.25) is 0 Å². The van der Waals surface area contributed by atoms with Gasteiger partial charge in [0, 0.05) is 18.4 Å². The molecule has 1 unspecified atom stereocenters. The van der Waals surface area contributed by atoms with E-state index in [4.69, 9.17) is 0 Å². The predicted octanol–water partition coefficient (Wildman–Crippen LogP) is 2.47. The molecular formula is C11H22BrNO2S. The number of hydrogen-bond acceptors (Lipinski definition) is 2. The summed E-state index contributed by atoms with van der Waals surface area (Å²) >= 11 is 3.45. The molecule has 3 nitrogen and oxygen atoms in total. The van der Waals surface area contributed by atoms with Crippen molar-refractivity contribution in [3.05, 3.63) is 0 Å². The van der Waals surface area contributed by atoms with Gasteiger partial charge in [-0.25, -0.2) is 12.7 Å². The van der Waals surface area contributed by atoms with Crippen molar-refractivity contribution in [3.8, 4) is 0 Å². The number of sulfonamides is 1. The molecule has 1 atom stereocenters. The van der Waals surface area contributed by atoms with E-state index in [0.717, 1.165) is 18.2 Å². The van der Waals surface area contributed by atoms with Crippen molar-refractivity contribution >= 4 is 26.0 Å². The number of hydrogen-bond donors (Lipinski definition) is 0. The van der Waals surface area contributed by atoms with E-state index in [1.54, 1.807) is 4.31 Å². The van der Waals surface area contributed by atoms with Crippen LogP contribution in [0.15, 0.2) is 0 Å². The largest absolute Gasteiger partial charge is 0.214 e. The molecule has 0 spiro atoms. The first-order chi connectivity index (χ1) is 7.24. The number of rotatable bonds is 3. The Labute approximate surface area is 108 Å². The molecule has 1 aliphatic rings. The molecule has 0 radical (unpaired) electrons. The van der Waals surface area contributed by atoms with E-state index in [2.05, 4.69) is 15.9 Å². The Morgan fingerprint density at radius 2 is 2.00 bits per heavy atom. The second-order valence-electron chi connectivity index (χ2n) is 5.84. The fraction of sp³-hybridized carbons (Fsp3) is 1.00. The third-order valence-electron chi connectivity index (χ3n) is 2.71. The normalized spacial score (nSPS) is 24.6. The van der Waals surface area contributed by atoms with Crippen LogP contribution in [0.2, 0.25) is 0 Å². The summed E-state index contributed by atoms with van der Waals surface area (Å²) in [7, 11) is -3.07. The quantitative estimate of drug-likeness (QED) is 0.751. The second-order valence-corrected chi connectivity index (χ2v) is 8.45. The lowest BCUT2D eigenvalue weighted by molar-refractivity contribution is 0.281. The van der Waals surface area contributed by atoms with Gasteiger partial charge >= 0.3 is 0 Å². The van der Waals surface area contributed by atoms with Crippen molar-refractivity contribution in [2.45, 2.75) is 33.6 Å². The summed E-state index contributed by atoms with van der Waals surface area (Å²) < 4.78 is 26.0. The van der Waals surface area contributed by atoms with Crippen LogP contribution >= 0.6 is 15.9 Å². The van der Waals surface area contributed by atoms with Crippen molar-refractivity contribution in [2.75, 3.05) is 24.2 Å². The third kappa shape index (κ3) is 4.34. The van der Waals surface area contributed by atoms with Crippen molar-refractivity contribution in [2.24, 2.45) is 11.3 Å². The van der Waals surface area contributed by atoms with Gasteiger partial charge in [0.2, 0.25) is 10.0 Å². The van der Waals surface area contributed by atoms with Gasteiger partial charge in [0.15, 0.2) is 0 Å². The van der Waals surface area contributed by atoms with Crippen molar-refractivity contribution in [3.63, 3.8) is 0 Å². The first-order valence-corrected chi connectivity index (χ1v) is 8.51. The smallest absolute Gasteiger partial charge is 0.212 e. The summed E-state index contributed by atoms with van der Waals surface area (Å²) in [6, 6.07) is 0. The molecule has 5 heteroatoms. The summed E-state index contributed by atoms with van der Waals surface area (Å²) in [5, 5.41) is 0.897. The van der Waals surface area contributed by atoms with Crippen molar-refractivity contribution in [1.29, 1.82) is 0 Å². The highest BCUT2D eigenvalue weighted by Crippen LogP contribution is 2.24. The van der Waals surface area contributed by atoms with Gasteiger partial charge in [-0.2, -0.15) is 0 Å². The zero-order valence-electron chi connectivity index (χ0n) is 10.4. The first-order valence-electron chi connectivity index (χ1n) is 5.78. The Morgan fingerprint density at radius 1 is 1.38 bits per heavy atom. The number of piperidine rings is 1. The van der Waals surface area contributed by atoms with Gasteiger partial charge in [0.05, 0.1) is 5.75 Å². The van der Waals surface area contributed by atoms with E-state index in [-0.39, 0.29) is 11.2 Å². The molecule has 0 saturated carbocycles. The molecule has 0 aromatic heterocycles. The Morgan fingerprint density at radius 3 is 2.50 bits per heavy atom. The zero-order chi connectivity index (χ0) is 12.4. The van der Waals surface area contributed by atoms with Gasteiger partial charge in [0.1, 0.15) is 0 Å². The molecule has 0 bridgehead atoms. The Kier molecular flexibility index (Phi) is 4.84. The third-order valence-corrected chi connectivity index (χ3v) is 5.97. The van der Waals surface area contributed by atoms with Crippen LogP contribution in [0.25, 0.3) is 0 Å². The van der Waals surface area contributed by atoms with Crippen LogP contribution in [0.5, 0.6) is 0 Å². The van der Waals surface area contributed by atoms with Crippen LogP contribution < -0.4 is 0 Å². The number of nitrogens with zero attached hydrogens (tertiary/aromatic N) is 1. The fourth-order valence-electron chi connectivity index (χ4n) is 2.04. The minimum Gasteiger partial charge on any atom is -0.212 e. The molecule has 96 valence electrons. The molecule has 1 fully saturated rings. The predicted molar refractivity (Wildman–Crippen MR) is 71.3 cm³/mol. The maximum Gasteiger partial charge on any atom is 0.214 e. The molecule has 1 aliphatic heterocycles. The molecule has 1 heterocycles. The molecule has 16 heavy (non-hydrogen) atoms. The average Bonchev–Trinajstić information content (AvgIpc) is 2.14. The highest BCUT2D eigenvalue weighted by atomic mass is 79.9. The lowest BCUT2D eigenvalue weighted by Crippen LogP contribution is -2.43. The standard InChI is InChI=1S/C11H22BrNO2S/c1-11(2,3)9-16(14,15)13-6-4-5-10(7-12)8-13/h10H,4-9H2,1-3H3. The maximum absolute atomic E-state index is 12.2. The molecule has 0 aliphatic carbocycles. The van der Waals surface area contributed by atoms with Gasteiger partial charge in [-0.15, -0.1) is 0 Å². The van der Waals surface area contributed by atoms with Crippen LogP contribution in [0, 0.1) is 11.3 Å². The first kappa shape index (κ1) is 14.5. The van der Waals surface area contributed by atoms with Crippen molar-refractivity contribution < 1.29 is 8.42 Å². The van der Waals surface area contributed by atoms with Gasteiger partial charge in [-0.05, 0) is 24.2 Å². The minimum absolute atomic E-state index is 0.166. The van der Waals surface area contributed by atoms with Gasteiger partial charge in [-0.1, -0.05) is 36.7 Å². The summed E-state index contributed by atoms with van der Waals surface area (Å²) in [5.41, 5.74) is -0.166. The van der Waals surface area contributed by atoms with Crippen LogP contribution in [0.3, 0.4) is 0 Å². The van der Waals surface area contributed by atoms with E-state index in [1.165, 1.54) is 0 Å². The molecule has 0 amide bonds.